The number of furan rings is 1. The van der Waals surface area contributed by atoms with Crippen molar-refractivity contribution in [2.45, 2.75) is 51.0 Å². The molecule has 0 radical (unpaired) electrons. The molecule has 1 heterocycles. The standard InChI is InChI=1S/C29H31F5N2O7S/c1-4-6-12-42-21-15-18(10-11-20(21)29(38)43-13-7-5-2)36(16-19-9-8-14-41-19)22(37)17-35(3)44(39,40)28-26(33)24(31)23(30)25(32)27(28)34/h8-11,14-15H,4-7,12-13,16-17H2,1-3H3. The molecule has 0 aliphatic rings. The minimum atomic E-state index is -5.41. The van der Waals surface area contributed by atoms with Gasteiger partial charge in [0.2, 0.25) is 21.7 Å². The highest BCUT2D eigenvalue weighted by molar-refractivity contribution is 7.89. The molecule has 0 saturated heterocycles. The third-order valence-corrected chi connectivity index (χ3v) is 8.20. The van der Waals surface area contributed by atoms with Gasteiger partial charge in [-0.05, 0) is 37.1 Å². The van der Waals surface area contributed by atoms with E-state index in [2.05, 4.69) is 0 Å². The van der Waals surface area contributed by atoms with Crippen LogP contribution in [-0.2, 0) is 26.1 Å². The minimum absolute atomic E-state index is 0.0806. The van der Waals surface area contributed by atoms with E-state index in [4.69, 9.17) is 13.9 Å². The Hall–Kier alpha value is -3.98. The summed E-state index contributed by atoms with van der Waals surface area (Å²) in [5, 5.41) is 0. The number of benzene rings is 2. The Labute approximate surface area is 251 Å². The zero-order valence-corrected chi connectivity index (χ0v) is 25.0. The van der Waals surface area contributed by atoms with Gasteiger partial charge in [0.1, 0.15) is 17.1 Å². The molecule has 0 aliphatic heterocycles. The van der Waals surface area contributed by atoms with Crippen LogP contribution in [-0.4, -0.2) is 51.4 Å². The van der Waals surface area contributed by atoms with Crippen LogP contribution >= 0.6 is 0 Å². The molecule has 44 heavy (non-hydrogen) atoms. The Morgan fingerprint density at radius 2 is 1.50 bits per heavy atom. The van der Waals surface area contributed by atoms with Gasteiger partial charge in [-0.3, -0.25) is 4.79 Å². The van der Waals surface area contributed by atoms with Crippen molar-refractivity contribution in [2.75, 3.05) is 31.7 Å². The van der Waals surface area contributed by atoms with Crippen LogP contribution < -0.4 is 9.64 Å². The predicted octanol–water partition coefficient (Wildman–Crippen LogP) is 5.96. The van der Waals surface area contributed by atoms with Crippen molar-refractivity contribution in [3.63, 3.8) is 0 Å². The zero-order valence-electron chi connectivity index (χ0n) is 24.2. The maximum Gasteiger partial charge on any atom is 0.341 e. The van der Waals surface area contributed by atoms with Gasteiger partial charge in [-0.1, -0.05) is 26.7 Å². The molecule has 0 fully saturated rings. The molecule has 0 unspecified atom stereocenters. The molecule has 0 saturated carbocycles. The Kier molecular flexibility index (Phi) is 11.9. The summed E-state index contributed by atoms with van der Waals surface area (Å²) in [6.07, 6.45) is 4.19. The van der Waals surface area contributed by atoms with Crippen molar-refractivity contribution in [1.29, 1.82) is 0 Å². The van der Waals surface area contributed by atoms with Gasteiger partial charge in [-0.2, -0.15) is 4.31 Å². The van der Waals surface area contributed by atoms with E-state index in [-0.39, 0.29) is 46.8 Å². The molecule has 3 aromatic rings. The van der Waals surface area contributed by atoms with Crippen molar-refractivity contribution in [1.82, 2.24) is 4.31 Å². The van der Waals surface area contributed by atoms with E-state index in [9.17, 15) is 40.0 Å². The molecule has 2 aromatic carbocycles. The monoisotopic (exact) mass is 646 g/mol. The van der Waals surface area contributed by atoms with Crippen LogP contribution in [0, 0.1) is 29.1 Å². The van der Waals surface area contributed by atoms with E-state index in [1.807, 2.05) is 13.8 Å². The predicted molar refractivity (Wildman–Crippen MR) is 148 cm³/mol. The minimum Gasteiger partial charge on any atom is -0.493 e. The highest BCUT2D eigenvalue weighted by Crippen LogP contribution is 2.31. The summed E-state index contributed by atoms with van der Waals surface area (Å²) >= 11 is 0. The van der Waals surface area contributed by atoms with E-state index in [0.717, 1.165) is 24.8 Å². The number of hydrogen-bond donors (Lipinski definition) is 0. The van der Waals surface area contributed by atoms with Gasteiger partial charge in [0.25, 0.3) is 0 Å². The topological polar surface area (TPSA) is 106 Å². The number of unbranched alkanes of at least 4 members (excludes halogenated alkanes) is 2. The fourth-order valence-electron chi connectivity index (χ4n) is 3.89. The van der Waals surface area contributed by atoms with Gasteiger partial charge in [0, 0.05) is 18.8 Å². The summed E-state index contributed by atoms with van der Waals surface area (Å²) in [5.41, 5.74) is 0.197. The van der Waals surface area contributed by atoms with Crippen molar-refractivity contribution in [2.24, 2.45) is 0 Å². The summed E-state index contributed by atoms with van der Waals surface area (Å²) in [4.78, 5) is 25.2. The van der Waals surface area contributed by atoms with Crippen LogP contribution in [0.2, 0.25) is 0 Å². The number of hydrogen-bond acceptors (Lipinski definition) is 7. The molecule has 0 atom stereocenters. The number of ether oxygens (including phenoxy) is 2. The first-order valence-electron chi connectivity index (χ1n) is 13.6. The first kappa shape index (κ1) is 34.5. The molecule has 0 aliphatic carbocycles. The molecule has 0 N–H and O–H groups in total. The van der Waals surface area contributed by atoms with E-state index in [1.54, 1.807) is 0 Å². The fourth-order valence-corrected chi connectivity index (χ4v) is 5.11. The zero-order chi connectivity index (χ0) is 32.6. The molecule has 9 nitrogen and oxygen atoms in total. The Balaban J connectivity index is 2.00. The Bertz CT molecular complexity index is 1550. The Morgan fingerprint density at radius 1 is 0.886 bits per heavy atom. The SMILES string of the molecule is CCCCOC(=O)c1ccc(N(Cc2ccco2)C(=O)CN(C)S(=O)(=O)c2c(F)c(F)c(F)c(F)c2F)cc1OCCCC. The van der Waals surface area contributed by atoms with Crippen molar-refractivity contribution in [3.05, 3.63) is 77.0 Å². The molecule has 0 spiro atoms. The molecule has 1 amide bonds. The second-order valence-electron chi connectivity index (χ2n) is 9.59. The number of amides is 1. The lowest BCUT2D eigenvalue weighted by atomic mass is 10.1. The molecule has 240 valence electrons. The van der Waals surface area contributed by atoms with E-state index < -0.39 is 62.4 Å². The van der Waals surface area contributed by atoms with Crippen LogP contribution in [0.3, 0.4) is 0 Å². The van der Waals surface area contributed by atoms with Crippen LogP contribution in [0.5, 0.6) is 5.75 Å². The first-order valence-corrected chi connectivity index (χ1v) is 15.0. The molecular weight excluding hydrogens is 615 g/mol. The summed E-state index contributed by atoms with van der Waals surface area (Å²) in [5.74, 6) is -13.9. The maximum atomic E-state index is 14.4. The molecule has 15 heteroatoms. The quantitative estimate of drug-likeness (QED) is 0.0659. The number of esters is 1. The van der Waals surface area contributed by atoms with E-state index >= 15 is 0 Å². The molecule has 3 rings (SSSR count). The number of carbonyl (C=O) groups is 2. The van der Waals surface area contributed by atoms with Crippen LogP contribution in [0.25, 0.3) is 0 Å². The number of halogens is 5. The largest absolute Gasteiger partial charge is 0.493 e. The lowest BCUT2D eigenvalue weighted by Gasteiger charge is -2.26. The van der Waals surface area contributed by atoms with Crippen LogP contribution in [0.1, 0.15) is 55.6 Å². The maximum absolute atomic E-state index is 14.4. The summed E-state index contributed by atoms with van der Waals surface area (Å²) in [6, 6.07) is 7.16. The fraction of sp³-hybridized carbons (Fsp3) is 0.379. The third kappa shape index (κ3) is 7.75. The average molecular weight is 647 g/mol. The molecular formula is C29H31F5N2O7S. The van der Waals surface area contributed by atoms with E-state index in [0.29, 0.717) is 12.8 Å². The summed E-state index contributed by atoms with van der Waals surface area (Å²) < 4.78 is 112. The summed E-state index contributed by atoms with van der Waals surface area (Å²) in [6.45, 7) is 2.91. The molecule has 0 bridgehead atoms. The number of anilines is 1. The van der Waals surface area contributed by atoms with E-state index in [1.165, 1.54) is 36.6 Å². The number of sulfonamides is 1. The second-order valence-corrected chi connectivity index (χ2v) is 11.6. The van der Waals surface area contributed by atoms with Crippen molar-refractivity contribution < 1.29 is 53.8 Å². The number of likely N-dealkylation sites (N-methyl/N-ethyl adjacent to an activating group) is 1. The Morgan fingerprint density at radius 3 is 2.09 bits per heavy atom. The average Bonchev–Trinajstić information content (AvgIpc) is 3.51. The second kappa shape index (κ2) is 15.1. The van der Waals surface area contributed by atoms with Crippen molar-refractivity contribution in [3.8, 4) is 5.75 Å². The van der Waals surface area contributed by atoms with Crippen LogP contribution in [0.15, 0.2) is 45.9 Å². The highest BCUT2D eigenvalue weighted by atomic mass is 32.2. The van der Waals surface area contributed by atoms with Gasteiger partial charge in [0.05, 0.1) is 32.6 Å². The number of rotatable bonds is 15. The van der Waals surface area contributed by atoms with Gasteiger partial charge in [-0.15, -0.1) is 0 Å². The first-order chi connectivity index (χ1) is 20.8. The van der Waals surface area contributed by atoms with Gasteiger partial charge in [-0.25, -0.2) is 35.2 Å². The number of carbonyl (C=O) groups excluding carboxylic acids is 2. The lowest BCUT2D eigenvalue weighted by Crippen LogP contribution is -2.41. The third-order valence-electron chi connectivity index (χ3n) is 6.37. The highest BCUT2D eigenvalue weighted by Gasteiger charge is 2.37. The summed E-state index contributed by atoms with van der Waals surface area (Å²) in [7, 11) is -4.67. The number of nitrogens with zero attached hydrogens (tertiary/aromatic N) is 2. The lowest BCUT2D eigenvalue weighted by molar-refractivity contribution is -0.118. The van der Waals surface area contributed by atoms with Gasteiger partial charge >= 0.3 is 5.97 Å². The smallest absolute Gasteiger partial charge is 0.341 e. The van der Waals surface area contributed by atoms with Crippen molar-refractivity contribution >= 4 is 27.6 Å². The van der Waals surface area contributed by atoms with Gasteiger partial charge < -0.3 is 18.8 Å². The normalized spacial score (nSPS) is 11.6. The molecule has 1 aromatic heterocycles. The van der Waals surface area contributed by atoms with Gasteiger partial charge in [0.15, 0.2) is 28.2 Å². The van der Waals surface area contributed by atoms with Crippen LogP contribution in [0.4, 0.5) is 27.6 Å².